The van der Waals surface area contributed by atoms with Crippen LogP contribution in [0.2, 0.25) is 0 Å². The van der Waals surface area contributed by atoms with Crippen molar-refractivity contribution in [3.63, 3.8) is 0 Å². The van der Waals surface area contributed by atoms with Gasteiger partial charge in [0.05, 0.1) is 0 Å². The van der Waals surface area contributed by atoms with E-state index in [1.807, 2.05) is 5.90 Å². The quantitative estimate of drug-likeness (QED) is 0.252. The Balaban J connectivity index is 1.49. The first-order chi connectivity index (χ1) is 19.3. The zero-order chi connectivity index (χ0) is 26.4. The molecule has 0 aliphatic heterocycles. The average Bonchev–Trinajstić information content (AvgIpc) is 3.04. The molecule has 0 bridgehead atoms. The van der Waals surface area contributed by atoms with Gasteiger partial charge in [-0.05, 0) is 0 Å². The third-order valence-corrected chi connectivity index (χ3v) is 32.3. The SMILES string of the molecule is C1CCC([PH](C[PH](C2CCCCC2)(C2CCCCC2)C2CCCCC2)(C2CCCCC2)C2CCCCC2)CC1. The minimum atomic E-state index is -1.42. The Kier molecular flexibility index (Phi) is 11.2. The average molecular weight is 577 g/mol. The Morgan fingerprint density at radius 3 is 0.538 bits per heavy atom. The fourth-order valence-corrected chi connectivity index (χ4v) is 37.3. The molecule has 0 N–H and O–H groups in total. The predicted octanol–water partition coefficient (Wildman–Crippen LogP) is 12.4. The second-order valence-corrected chi connectivity index (χ2v) is 27.2. The fourth-order valence-electron chi connectivity index (χ4n) is 13.2. The third-order valence-electron chi connectivity index (χ3n) is 14.8. The molecule has 0 aromatic rings. The second-order valence-electron chi connectivity index (χ2n) is 16.4. The van der Waals surface area contributed by atoms with Gasteiger partial charge in [0.2, 0.25) is 0 Å². The monoisotopic (exact) mass is 576 g/mol. The molecule has 0 aromatic carbocycles. The summed E-state index contributed by atoms with van der Waals surface area (Å²) in [6.07, 6.45) is 49.2. The van der Waals surface area contributed by atoms with E-state index >= 15 is 0 Å². The summed E-state index contributed by atoms with van der Waals surface area (Å²) in [5.74, 6) is 2.01. The summed E-state index contributed by atoms with van der Waals surface area (Å²) in [5.41, 5.74) is 7.50. The van der Waals surface area contributed by atoms with Crippen LogP contribution >= 0.6 is 14.5 Å². The Labute approximate surface area is 246 Å². The van der Waals surface area contributed by atoms with Gasteiger partial charge in [0.25, 0.3) is 0 Å². The van der Waals surface area contributed by atoms with E-state index in [0.29, 0.717) is 0 Å². The van der Waals surface area contributed by atoms with E-state index in [4.69, 9.17) is 0 Å². The van der Waals surface area contributed by atoms with Gasteiger partial charge in [-0.25, -0.2) is 0 Å². The molecule has 0 radical (unpaired) electrons. The summed E-state index contributed by atoms with van der Waals surface area (Å²) in [6.45, 7) is 0. The Bertz CT molecular complexity index is 544. The van der Waals surface area contributed by atoms with Gasteiger partial charge in [0.15, 0.2) is 0 Å². The van der Waals surface area contributed by atoms with Gasteiger partial charge in [0.1, 0.15) is 0 Å². The molecule has 6 saturated carbocycles. The summed E-state index contributed by atoms with van der Waals surface area (Å²) in [6, 6.07) is 0. The van der Waals surface area contributed by atoms with Gasteiger partial charge in [0, 0.05) is 0 Å². The molecule has 0 atom stereocenters. The van der Waals surface area contributed by atoms with Gasteiger partial charge < -0.3 is 0 Å². The molecule has 2 heteroatoms. The van der Waals surface area contributed by atoms with Crippen molar-refractivity contribution >= 4 is 14.5 Å². The van der Waals surface area contributed by atoms with Gasteiger partial charge in [-0.1, -0.05) is 0 Å². The van der Waals surface area contributed by atoms with Crippen molar-refractivity contribution in [1.29, 1.82) is 0 Å². The summed E-state index contributed by atoms with van der Waals surface area (Å²) in [7, 11) is -2.84. The van der Waals surface area contributed by atoms with Crippen molar-refractivity contribution in [2.24, 2.45) is 0 Å². The molecule has 0 unspecified atom stereocenters. The van der Waals surface area contributed by atoms with Crippen LogP contribution in [0.1, 0.15) is 193 Å². The van der Waals surface area contributed by atoms with Crippen LogP contribution in [-0.4, -0.2) is 39.9 Å². The van der Waals surface area contributed by atoms with E-state index in [1.165, 1.54) is 34.0 Å². The molecular weight excluding hydrogens is 506 g/mol. The molecule has 0 saturated heterocycles. The number of hydrogen-bond acceptors (Lipinski definition) is 0. The van der Waals surface area contributed by atoms with Gasteiger partial charge in [-0.3, -0.25) is 0 Å². The zero-order valence-electron chi connectivity index (χ0n) is 26.4. The van der Waals surface area contributed by atoms with Crippen molar-refractivity contribution in [1.82, 2.24) is 0 Å². The first-order valence-corrected chi connectivity index (χ1v) is 24.2. The molecule has 228 valence electrons. The number of rotatable bonds is 8. The molecule has 6 aliphatic carbocycles. The minimum absolute atomic E-state index is 1.25. The Morgan fingerprint density at radius 2 is 0.385 bits per heavy atom. The van der Waals surface area contributed by atoms with E-state index < -0.39 is 14.5 Å². The van der Waals surface area contributed by atoms with Crippen molar-refractivity contribution in [3.05, 3.63) is 0 Å². The van der Waals surface area contributed by atoms with E-state index in [-0.39, 0.29) is 0 Å². The van der Waals surface area contributed by atoms with Crippen molar-refractivity contribution in [3.8, 4) is 0 Å². The van der Waals surface area contributed by atoms with Gasteiger partial charge in [-0.15, -0.1) is 0 Å². The van der Waals surface area contributed by atoms with Crippen LogP contribution in [0.15, 0.2) is 0 Å². The Morgan fingerprint density at radius 1 is 0.231 bits per heavy atom. The summed E-state index contributed by atoms with van der Waals surface area (Å²) in [5, 5.41) is 0. The molecule has 6 rings (SSSR count). The van der Waals surface area contributed by atoms with Crippen LogP contribution < -0.4 is 0 Å². The number of hydrogen-bond donors (Lipinski definition) is 0. The van der Waals surface area contributed by atoms with Crippen molar-refractivity contribution in [2.45, 2.75) is 227 Å². The van der Waals surface area contributed by atoms with E-state index in [1.54, 1.807) is 193 Å². The van der Waals surface area contributed by atoms with E-state index in [2.05, 4.69) is 0 Å². The molecular formula is C37H70P2. The molecule has 0 amide bonds. The summed E-state index contributed by atoms with van der Waals surface area (Å²) in [4.78, 5) is 0. The van der Waals surface area contributed by atoms with E-state index in [9.17, 15) is 0 Å². The molecule has 39 heavy (non-hydrogen) atoms. The Hall–Kier alpha value is 0.860. The molecule has 0 spiro atoms. The topological polar surface area (TPSA) is 0 Å². The molecule has 0 heterocycles. The predicted molar refractivity (Wildman–Crippen MR) is 183 cm³/mol. The van der Waals surface area contributed by atoms with Crippen LogP contribution in [0.25, 0.3) is 0 Å². The van der Waals surface area contributed by atoms with Crippen LogP contribution in [0, 0.1) is 0 Å². The third kappa shape index (κ3) is 6.40. The van der Waals surface area contributed by atoms with Gasteiger partial charge >= 0.3 is 247 Å². The van der Waals surface area contributed by atoms with Crippen molar-refractivity contribution in [2.75, 3.05) is 5.90 Å². The van der Waals surface area contributed by atoms with Crippen LogP contribution in [0.5, 0.6) is 0 Å². The van der Waals surface area contributed by atoms with Crippen LogP contribution in [0.4, 0.5) is 0 Å². The van der Waals surface area contributed by atoms with Gasteiger partial charge in [-0.2, -0.15) is 0 Å². The molecule has 6 aliphatic rings. The second kappa shape index (κ2) is 14.6. The van der Waals surface area contributed by atoms with Crippen LogP contribution in [-0.2, 0) is 0 Å². The summed E-state index contributed by atoms with van der Waals surface area (Å²) < 4.78 is 0. The zero-order valence-corrected chi connectivity index (χ0v) is 28.4. The maximum absolute atomic E-state index is 2.01. The van der Waals surface area contributed by atoms with Crippen LogP contribution in [0.3, 0.4) is 0 Å². The normalized spacial score (nSPS) is 30.4. The standard InChI is InChI=1S/C37H70P2/c1-7-19-32(20-8-1)38(33-21-9-2-10-22-33,34-23-11-3-12-24-34)31-39(35-25-13-4-14-26-35,36-27-15-5-16-28-36)37-29-17-6-18-30-37/h32-39H,1-31H2. The molecule has 0 nitrogen and oxygen atoms in total. The molecule has 0 aromatic heterocycles. The maximum atomic E-state index is 2.01. The van der Waals surface area contributed by atoms with Crippen molar-refractivity contribution < 1.29 is 0 Å². The fraction of sp³-hybridized carbons (Fsp3) is 1.00. The van der Waals surface area contributed by atoms with E-state index in [0.717, 1.165) is 0 Å². The molecule has 6 fully saturated rings. The first kappa shape index (κ1) is 29.9. The summed E-state index contributed by atoms with van der Waals surface area (Å²) >= 11 is 0. The first-order valence-electron chi connectivity index (χ1n) is 19.3.